The SMILES string of the molecule is CCCNc1cc(C(=O)NC2CC3CCC2C3)c(Cl)cn1. The number of hydrogen-bond donors (Lipinski definition) is 2. The van der Waals surface area contributed by atoms with Crippen LogP contribution in [0.15, 0.2) is 12.3 Å². The number of halogens is 1. The minimum absolute atomic E-state index is 0.0699. The predicted molar refractivity (Wildman–Crippen MR) is 84.7 cm³/mol. The molecule has 3 atom stereocenters. The molecule has 2 fully saturated rings. The van der Waals surface area contributed by atoms with E-state index in [2.05, 4.69) is 22.5 Å². The second-order valence-corrected chi connectivity index (χ2v) is 6.64. The second-order valence-electron chi connectivity index (χ2n) is 6.23. The Bertz CT molecular complexity index is 534. The second kappa shape index (κ2) is 6.22. The van der Waals surface area contributed by atoms with E-state index in [-0.39, 0.29) is 5.91 Å². The van der Waals surface area contributed by atoms with Crippen LogP contribution in [0.4, 0.5) is 5.82 Å². The zero-order valence-corrected chi connectivity index (χ0v) is 13.1. The molecule has 1 amide bonds. The summed E-state index contributed by atoms with van der Waals surface area (Å²) in [6.45, 7) is 2.92. The number of carbonyl (C=O) groups excluding carboxylic acids is 1. The van der Waals surface area contributed by atoms with Crippen molar-refractivity contribution in [2.75, 3.05) is 11.9 Å². The van der Waals surface area contributed by atoms with E-state index in [9.17, 15) is 4.79 Å². The van der Waals surface area contributed by atoms with Crippen molar-refractivity contribution in [3.8, 4) is 0 Å². The largest absolute Gasteiger partial charge is 0.370 e. The molecule has 0 radical (unpaired) electrons. The van der Waals surface area contributed by atoms with Gasteiger partial charge < -0.3 is 10.6 Å². The summed E-state index contributed by atoms with van der Waals surface area (Å²) in [4.78, 5) is 16.7. The van der Waals surface area contributed by atoms with Gasteiger partial charge in [0.2, 0.25) is 0 Å². The molecule has 2 aliphatic rings. The summed E-state index contributed by atoms with van der Waals surface area (Å²) in [6.07, 6.45) is 7.55. The molecule has 2 saturated carbocycles. The van der Waals surface area contributed by atoms with E-state index < -0.39 is 0 Å². The van der Waals surface area contributed by atoms with Crippen LogP contribution in [0.2, 0.25) is 5.02 Å². The summed E-state index contributed by atoms with van der Waals surface area (Å²) in [5, 5.41) is 6.77. The third-order valence-electron chi connectivity index (χ3n) is 4.71. The minimum atomic E-state index is -0.0699. The lowest BCUT2D eigenvalue weighted by molar-refractivity contribution is 0.0923. The highest BCUT2D eigenvalue weighted by Gasteiger charge is 2.40. The maximum Gasteiger partial charge on any atom is 0.253 e. The Balaban J connectivity index is 1.68. The number of rotatable bonds is 5. The van der Waals surface area contributed by atoms with Crippen molar-refractivity contribution >= 4 is 23.3 Å². The van der Waals surface area contributed by atoms with Gasteiger partial charge in [-0.1, -0.05) is 24.9 Å². The molecule has 0 saturated heterocycles. The van der Waals surface area contributed by atoms with Gasteiger partial charge in [-0.3, -0.25) is 4.79 Å². The maximum absolute atomic E-state index is 12.5. The summed E-state index contributed by atoms with van der Waals surface area (Å²) in [5.41, 5.74) is 0.521. The van der Waals surface area contributed by atoms with E-state index >= 15 is 0 Å². The molecule has 2 aliphatic carbocycles. The van der Waals surface area contributed by atoms with Gasteiger partial charge in [0.1, 0.15) is 5.82 Å². The van der Waals surface area contributed by atoms with Crippen molar-refractivity contribution in [2.24, 2.45) is 11.8 Å². The molecule has 2 bridgehead atoms. The van der Waals surface area contributed by atoms with Crippen molar-refractivity contribution in [3.63, 3.8) is 0 Å². The van der Waals surface area contributed by atoms with Crippen LogP contribution in [-0.2, 0) is 0 Å². The lowest BCUT2D eigenvalue weighted by Gasteiger charge is -2.23. The fourth-order valence-corrected chi connectivity index (χ4v) is 3.82. The number of carbonyl (C=O) groups is 1. The first-order valence-corrected chi connectivity index (χ1v) is 8.25. The monoisotopic (exact) mass is 307 g/mol. The fourth-order valence-electron chi connectivity index (χ4n) is 3.63. The number of nitrogens with one attached hydrogen (secondary N) is 2. The highest BCUT2D eigenvalue weighted by molar-refractivity contribution is 6.33. The number of pyridine rings is 1. The van der Waals surface area contributed by atoms with E-state index in [4.69, 9.17) is 11.6 Å². The summed E-state index contributed by atoms with van der Waals surface area (Å²) in [6, 6.07) is 2.08. The lowest BCUT2D eigenvalue weighted by Crippen LogP contribution is -2.38. The van der Waals surface area contributed by atoms with Crippen LogP contribution in [0, 0.1) is 11.8 Å². The Hall–Kier alpha value is -1.29. The van der Waals surface area contributed by atoms with Crippen LogP contribution in [0.25, 0.3) is 0 Å². The van der Waals surface area contributed by atoms with E-state index in [1.165, 1.54) is 19.3 Å². The van der Waals surface area contributed by atoms with Crippen LogP contribution >= 0.6 is 11.6 Å². The van der Waals surface area contributed by atoms with Crippen LogP contribution in [0.3, 0.4) is 0 Å². The average molecular weight is 308 g/mol. The van der Waals surface area contributed by atoms with Gasteiger partial charge in [-0.15, -0.1) is 0 Å². The number of aromatic nitrogens is 1. The molecular weight excluding hydrogens is 286 g/mol. The summed E-state index contributed by atoms with van der Waals surface area (Å²) >= 11 is 6.14. The number of fused-ring (bicyclic) bond motifs is 2. The van der Waals surface area contributed by atoms with Gasteiger partial charge in [-0.05, 0) is 43.6 Å². The third kappa shape index (κ3) is 3.15. The summed E-state index contributed by atoms with van der Waals surface area (Å²) in [5.74, 6) is 2.12. The summed E-state index contributed by atoms with van der Waals surface area (Å²) < 4.78 is 0. The van der Waals surface area contributed by atoms with Gasteiger partial charge in [0.25, 0.3) is 5.91 Å². The molecule has 4 nitrogen and oxygen atoms in total. The third-order valence-corrected chi connectivity index (χ3v) is 5.01. The molecule has 1 aromatic heterocycles. The predicted octanol–water partition coefficient (Wildman–Crippen LogP) is 3.48. The van der Waals surface area contributed by atoms with Gasteiger partial charge in [-0.25, -0.2) is 4.98 Å². The van der Waals surface area contributed by atoms with Crippen molar-refractivity contribution in [3.05, 3.63) is 22.8 Å². The smallest absolute Gasteiger partial charge is 0.253 e. The molecule has 0 aromatic carbocycles. The van der Waals surface area contributed by atoms with Crippen LogP contribution in [0.5, 0.6) is 0 Å². The first-order chi connectivity index (χ1) is 10.2. The van der Waals surface area contributed by atoms with E-state index in [1.807, 2.05) is 0 Å². The molecule has 114 valence electrons. The van der Waals surface area contributed by atoms with E-state index in [0.29, 0.717) is 28.4 Å². The Labute approximate surface area is 130 Å². The zero-order valence-electron chi connectivity index (χ0n) is 12.4. The number of anilines is 1. The van der Waals surface area contributed by atoms with Gasteiger partial charge in [0.05, 0.1) is 10.6 Å². The first-order valence-electron chi connectivity index (χ1n) is 7.87. The van der Waals surface area contributed by atoms with Gasteiger partial charge in [0, 0.05) is 18.8 Å². The number of amides is 1. The zero-order chi connectivity index (χ0) is 14.8. The maximum atomic E-state index is 12.5. The van der Waals surface area contributed by atoms with Crippen molar-refractivity contribution in [1.29, 1.82) is 0 Å². The van der Waals surface area contributed by atoms with E-state index in [1.54, 1.807) is 12.3 Å². The van der Waals surface area contributed by atoms with Gasteiger partial charge in [-0.2, -0.15) is 0 Å². The molecule has 21 heavy (non-hydrogen) atoms. The lowest BCUT2D eigenvalue weighted by atomic mass is 9.95. The van der Waals surface area contributed by atoms with Crippen LogP contribution < -0.4 is 10.6 Å². The Kier molecular flexibility index (Phi) is 4.34. The molecule has 3 rings (SSSR count). The normalized spacial score (nSPS) is 26.9. The summed E-state index contributed by atoms with van der Waals surface area (Å²) in [7, 11) is 0. The Morgan fingerprint density at radius 1 is 1.43 bits per heavy atom. The molecular formula is C16H22ClN3O. The molecule has 1 heterocycles. The highest BCUT2D eigenvalue weighted by Crippen LogP contribution is 2.44. The molecule has 1 aromatic rings. The van der Waals surface area contributed by atoms with Gasteiger partial charge >= 0.3 is 0 Å². The Morgan fingerprint density at radius 2 is 2.29 bits per heavy atom. The standard InChI is InChI=1S/C16H22ClN3O/c1-2-5-18-15-8-12(13(17)9-19-15)16(21)20-14-7-10-3-4-11(14)6-10/h8-11,14H,2-7H2,1H3,(H,18,19)(H,20,21). The molecule has 3 unspecified atom stereocenters. The molecule has 2 N–H and O–H groups in total. The Morgan fingerprint density at radius 3 is 2.95 bits per heavy atom. The van der Waals surface area contributed by atoms with Crippen molar-refractivity contribution in [2.45, 2.75) is 45.1 Å². The van der Waals surface area contributed by atoms with Crippen LogP contribution in [0.1, 0.15) is 49.4 Å². The molecule has 0 spiro atoms. The minimum Gasteiger partial charge on any atom is -0.370 e. The number of nitrogens with zero attached hydrogens (tertiary/aromatic N) is 1. The van der Waals surface area contributed by atoms with Crippen molar-refractivity contribution < 1.29 is 4.79 Å². The fraction of sp³-hybridized carbons (Fsp3) is 0.625. The molecule has 0 aliphatic heterocycles. The van der Waals surface area contributed by atoms with Gasteiger partial charge in [0.15, 0.2) is 0 Å². The van der Waals surface area contributed by atoms with Crippen molar-refractivity contribution in [1.82, 2.24) is 10.3 Å². The number of hydrogen-bond acceptors (Lipinski definition) is 3. The highest BCUT2D eigenvalue weighted by atomic mass is 35.5. The topological polar surface area (TPSA) is 54.0 Å². The average Bonchev–Trinajstić information content (AvgIpc) is 3.09. The quantitative estimate of drug-likeness (QED) is 0.875. The van der Waals surface area contributed by atoms with Crippen LogP contribution in [-0.4, -0.2) is 23.5 Å². The van der Waals surface area contributed by atoms with E-state index in [0.717, 1.165) is 25.3 Å². The molecule has 5 heteroatoms. The first kappa shape index (κ1) is 14.6.